The van der Waals surface area contributed by atoms with Gasteiger partial charge in [-0.3, -0.25) is 4.84 Å². The minimum absolute atomic E-state index is 0.381. The number of nitrogens with zero attached hydrogens (tertiary/aromatic N) is 1. The molecule has 13 heavy (non-hydrogen) atoms. The van der Waals surface area contributed by atoms with E-state index in [1.54, 1.807) is 0 Å². The molecule has 1 aliphatic rings. The minimum Gasteiger partial charge on any atom is -0.298 e. The van der Waals surface area contributed by atoms with Crippen molar-refractivity contribution in [1.29, 1.82) is 0 Å². The molecule has 0 amide bonds. The Bertz CT molecular complexity index is 167. The second kappa shape index (κ2) is 4.20. The van der Waals surface area contributed by atoms with Gasteiger partial charge >= 0.3 is 0 Å². The van der Waals surface area contributed by atoms with Gasteiger partial charge in [-0.15, -0.1) is 0 Å². The number of rotatable bonds is 1. The van der Waals surface area contributed by atoms with Gasteiger partial charge in [-0.25, -0.2) is 0 Å². The first kappa shape index (κ1) is 11.3. The monoisotopic (exact) mass is 203 g/mol. The fraction of sp³-hybridized carbons (Fsp3) is 1.00. The van der Waals surface area contributed by atoms with Gasteiger partial charge in [0.15, 0.2) is 0 Å². The lowest BCUT2D eigenvalue weighted by atomic mass is 9.78. The van der Waals surface area contributed by atoms with E-state index in [0.29, 0.717) is 10.7 Å². The summed E-state index contributed by atoms with van der Waals surface area (Å²) < 4.78 is 0. The molecular formula is C10H21NOS. The molecule has 1 rings (SSSR count). The molecule has 3 heteroatoms. The molecular weight excluding hydrogens is 182 g/mol. The smallest absolute Gasteiger partial charge is 0.0806 e. The van der Waals surface area contributed by atoms with Crippen molar-refractivity contribution in [2.45, 2.75) is 26.0 Å². The highest BCUT2D eigenvalue weighted by Crippen LogP contribution is 2.36. The Morgan fingerprint density at radius 1 is 1.38 bits per heavy atom. The van der Waals surface area contributed by atoms with E-state index in [2.05, 4.69) is 27.0 Å². The van der Waals surface area contributed by atoms with Gasteiger partial charge in [0.1, 0.15) is 0 Å². The second-order valence-corrected chi connectivity index (χ2v) is 5.93. The maximum Gasteiger partial charge on any atom is 0.0806 e. The van der Waals surface area contributed by atoms with Crippen LogP contribution in [0.1, 0.15) is 20.8 Å². The van der Waals surface area contributed by atoms with E-state index in [4.69, 9.17) is 4.84 Å². The highest BCUT2D eigenvalue weighted by Gasteiger charge is 2.36. The number of hydrogen-bond donors (Lipinski definition) is 0. The molecule has 0 saturated carbocycles. The van der Waals surface area contributed by atoms with Crippen LogP contribution < -0.4 is 0 Å². The highest BCUT2D eigenvalue weighted by atomic mass is 32.2. The van der Waals surface area contributed by atoms with Crippen molar-refractivity contribution in [3.05, 3.63) is 0 Å². The maximum absolute atomic E-state index is 5.52. The van der Waals surface area contributed by atoms with Crippen LogP contribution in [-0.4, -0.2) is 36.8 Å². The van der Waals surface area contributed by atoms with Crippen LogP contribution in [0.2, 0.25) is 0 Å². The van der Waals surface area contributed by atoms with Crippen LogP contribution in [0.5, 0.6) is 0 Å². The van der Waals surface area contributed by atoms with Crippen LogP contribution in [0.3, 0.4) is 0 Å². The minimum atomic E-state index is 0.381. The first-order valence-corrected chi connectivity index (χ1v) is 6.11. The van der Waals surface area contributed by atoms with Gasteiger partial charge in [0.2, 0.25) is 0 Å². The van der Waals surface area contributed by atoms with Crippen molar-refractivity contribution >= 4 is 11.8 Å². The zero-order valence-corrected chi connectivity index (χ0v) is 10.1. The first-order valence-electron chi connectivity index (χ1n) is 4.82. The van der Waals surface area contributed by atoms with E-state index in [9.17, 15) is 0 Å². The fourth-order valence-corrected chi connectivity index (χ4v) is 2.85. The Morgan fingerprint density at radius 2 is 2.00 bits per heavy atom. The molecule has 0 aromatic carbocycles. The van der Waals surface area contributed by atoms with Crippen LogP contribution in [0.25, 0.3) is 0 Å². The molecule has 78 valence electrons. The normalized spacial score (nSPS) is 32.1. The molecule has 1 fully saturated rings. The molecule has 2 atom stereocenters. The molecule has 1 heterocycles. The van der Waals surface area contributed by atoms with Crippen LogP contribution in [0, 0.1) is 11.3 Å². The predicted octanol–water partition coefficient (Wildman–Crippen LogP) is 2.26. The van der Waals surface area contributed by atoms with Gasteiger partial charge < -0.3 is 0 Å². The van der Waals surface area contributed by atoms with E-state index in [0.717, 1.165) is 19.1 Å². The summed E-state index contributed by atoms with van der Waals surface area (Å²) in [6, 6.07) is 0. The zero-order chi connectivity index (χ0) is 10.1. The molecule has 2 unspecified atom stereocenters. The topological polar surface area (TPSA) is 12.5 Å². The van der Waals surface area contributed by atoms with E-state index in [-0.39, 0.29) is 0 Å². The summed E-state index contributed by atoms with van der Waals surface area (Å²) in [5.74, 6) is 0.723. The lowest BCUT2D eigenvalue weighted by Crippen LogP contribution is -2.46. The quantitative estimate of drug-likeness (QED) is 0.648. The average molecular weight is 203 g/mol. The average Bonchev–Trinajstić information content (AvgIpc) is 2.03. The summed E-state index contributed by atoms with van der Waals surface area (Å²) in [6.45, 7) is 8.87. The third kappa shape index (κ3) is 2.86. The Morgan fingerprint density at radius 3 is 2.46 bits per heavy atom. The Kier molecular flexibility index (Phi) is 3.66. The van der Waals surface area contributed by atoms with E-state index >= 15 is 0 Å². The molecule has 0 aromatic heterocycles. The van der Waals surface area contributed by atoms with Crippen molar-refractivity contribution in [2.75, 3.05) is 26.5 Å². The third-order valence-corrected chi connectivity index (χ3v) is 3.85. The molecule has 0 N–H and O–H groups in total. The van der Waals surface area contributed by atoms with E-state index < -0.39 is 0 Å². The van der Waals surface area contributed by atoms with Crippen molar-refractivity contribution in [3.63, 3.8) is 0 Å². The molecule has 0 bridgehead atoms. The Labute approximate surface area is 86.0 Å². The molecule has 0 radical (unpaired) electrons. The molecule has 0 aromatic rings. The maximum atomic E-state index is 5.52. The molecule has 2 nitrogen and oxygen atoms in total. The van der Waals surface area contributed by atoms with Crippen LogP contribution in [0.4, 0.5) is 0 Å². The van der Waals surface area contributed by atoms with Gasteiger partial charge in [0.05, 0.1) is 6.61 Å². The Balaban J connectivity index is 2.65. The second-order valence-electron chi connectivity index (χ2n) is 4.85. The summed E-state index contributed by atoms with van der Waals surface area (Å²) >= 11 is 1.93. The van der Waals surface area contributed by atoms with Gasteiger partial charge in [-0.2, -0.15) is 16.8 Å². The lowest BCUT2D eigenvalue weighted by molar-refractivity contribution is -0.184. The first-order chi connectivity index (χ1) is 5.95. The zero-order valence-electron chi connectivity index (χ0n) is 9.33. The summed E-state index contributed by atoms with van der Waals surface area (Å²) in [7, 11) is 2.02. The fourth-order valence-electron chi connectivity index (χ4n) is 1.83. The van der Waals surface area contributed by atoms with E-state index in [1.807, 2.05) is 23.9 Å². The number of thioether (sulfide) groups is 1. The Hall–Kier alpha value is 0.270. The summed E-state index contributed by atoms with van der Waals surface area (Å²) in [5, 5.41) is 2.62. The lowest BCUT2D eigenvalue weighted by Gasteiger charge is -2.42. The van der Waals surface area contributed by atoms with Crippen LogP contribution in [-0.2, 0) is 4.84 Å². The molecule has 1 saturated heterocycles. The third-order valence-electron chi connectivity index (χ3n) is 2.78. The number of hydroxylamine groups is 2. The molecule has 0 spiro atoms. The van der Waals surface area contributed by atoms with E-state index in [1.165, 1.54) is 0 Å². The van der Waals surface area contributed by atoms with Gasteiger partial charge in [-0.05, 0) is 17.6 Å². The van der Waals surface area contributed by atoms with Gasteiger partial charge in [0, 0.05) is 18.8 Å². The summed E-state index contributed by atoms with van der Waals surface area (Å²) in [5.41, 5.74) is 0.381. The highest BCUT2D eigenvalue weighted by molar-refractivity contribution is 7.99. The predicted molar refractivity (Wildman–Crippen MR) is 58.8 cm³/mol. The van der Waals surface area contributed by atoms with Gasteiger partial charge in [-0.1, -0.05) is 20.8 Å². The van der Waals surface area contributed by atoms with Crippen molar-refractivity contribution in [1.82, 2.24) is 5.06 Å². The van der Waals surface area contributed by atoms with Gasteiger partial charge in [0.25, 0.3) is 0 Å². The summed E-state index contributed by atoms with van der Waals surface area (Å²) in [6.07, 6.45) is 2.18. The molecule has 0 aliphatic carbocycles. The van der Waals surface area contributed by atoms with Crippen molar-refractivity contribution in [2.24, 2.45) is 11.3 Å². The van der Waals surface area contributed by atoms with Crippen LogP contribution in [0.15, 0.2) is 0 Å². The van der Waals surface area contributed by atoms with Crippen LogP contribution >= 0.6 is 11.8 Å². The summed E-state index contributed by atoms with van der Waals surface area (Å²) in [4.78, 5) is 5.52. The van der Waals surface area contributed by atoms with Crippen molar-refractivity contribution < 1.29 is 4.84 Å². The largest absolute Gasteiger partial charge is 0.298 e. The molecule has 1 aliphatic heterocycles. The number of hydrogen-bond acceptors (Lipinski definition) is 3. The SMILES string of the molecule is CSC1CON(C)CC1C(C)(C)C. The standard InChI is InChI=1S/C10H21NOS/c1-10(2,3)8-6-11(4)12-7-9(8)13-5/h8-9H,6-7H2,1-5H3. The van der Waals surface area contributed by atoms with Crippen molar-refractivity contribution in [3.8, 4) is 0 Å².